The van der Waals surface area contributed by atoms with E-state index in [2.05, 4.69) is 15.3 Å². The molecule has 1 N–H and O–H groups in total. The van der Waals surface area contributed by atoms with Gasteiger partial charge in [0.2, 0.25) is 0 Å². The van der Waals surface area contributed by atoms with Crippen LogP contribution in [0.25, 0.3) is 11.4 Å². The highest BCUT2D eigenvalue weighted by molar-refractivity contribution is 5.67. The summed E-state index contributed by atoms with van der Waals surface area (Å²) in [5, 5.41) is 2.72. The Bertz CT molecular complexity index is 612. The van der Waals surface area contributed by atoms with Gasteiger partial charge in [0, 0.05) is 6.20 Å². The van der Waals surface area contributed by atoms with Crippen LogP contribution in [0.1, 0.15) is 18.5 Å². The van der Waals surface area contributed by atoms with Crippen molar-refractivity contribution < 1.29 is 9.53 Å². The van der Waals surface area contributed by atoms with Crippen LogP contribution in [-0.2, 0) is 11.3 Å². The first kappa shape index (κ1) is 13.5. The van der Waals surface area contributed by atoms with Crippen molar-refractivity contribution in [1.82, 2.24) is 15.3 Å². The molecule has 1 aliphatic rings. The minimum Gasteiger partial charge on any atom is -0.449 e. The van der Waals surface area contributed by atoms with Gasteiger partial charge in [-0.25, -0.2) is 9.78 Å². The summed E-state index contributed by atoms with van der Waals surface area (Å²) >= 11 is 0. The van der Waals surface area contributed by atoms with Crippen LogP contribution in [0.5, 0.6) is 0 Å². The lowest BCUT2D eigenvalue weighted by Crippen LogP contribution is -2.25. The van der Waals surface area contributed by atoms with Gasteiger partial charge in [0.05, 0.1) is 30.2 Å². The number of amides is 1. The molecule has 2 aromatic heterocycles. The highest BCUT2D eigenvalue weighted by Gasteiger charge is 2.22. The lowest BCUT2D eigenvalue weighted by atomic mass is 10.2. The normalized spacial score (nSPS) is 13.7. The summed E-state index contributed by atoms with van der Waals surface area (Å²) in [6, 6.07) is 11.4. The van der Waals surface area contributed by atoms with E-state index in [0.717, 1.165) is 17.1 Å². The molecule has 0 radical (unpaired) electrons. The minimum absolute atomic E-state index is 0.351. The van der Waals surface area contributed by atoms with Crippen molar-refractivity contribution in [1.29, 1.82) is 0 Å². The third-order valence-corrected chi connectivity index (χ3v) is 3.29. The van der Waals surface area contributed by atoms with E-state index < -0.39 is 0 Å². The van der Waals surface area contributed by atoms with Crippen molar-refractivity contribution in [3.63, 3.8) is 0 Å². The Balaban J connectivity index is 1.57. The number of carbonyl (C=O) groups is 1. The van der Waals surface area contributed by atoms with Gasteiger partial charge in [-0.3, -0.25) is 4.98 Å². The maximum absolute atomic E-state index is 11.5. The number of rotatable bonds is 5. The van der Waals surface area contributed by atoms with Gasteiger partial charge in [0.1, 0.15) is 0 Å². The molecule has 3 rings (SSSR count). The second-order valence-corrected chi connectivity index (χ2v) is 5.12. The Morgan fingerprint density at radius 1 is 1.19 bits per heavy atom. The van der Waals surface area contributed by atoms with Gasteiger partial charge >= 0.3 is 6.09 Å². The quantitative estimate of drug-likeness (QED) is 0.916. The maximum Gasteiger partial charge on any atom is 0.407 e. The molecule has 0 unspecified atom stereocenters. The third kappa shape index (κ3) is 4.02. The Morgan fingerprint density at radius 3 is 2.81 bits per heavy atom. The number of nitrogens with one attached hydrogen (secondary N) is 1. The molecule has 2 aromatic rings. The van der Waals surface area contributed by atoms with Crippen LogP contribution >= 0.6 is 0 Å². The second-order valence-electron chi connectivity index (χ2n) is 5.12. The number of nitrogens with zero attached hydrogens (tertiary/aromatic N) is 2. The number of ether oxygens (including phenoxy) is 1. The molecule has 1 saturated carbocycles. The Labute approximate surface area is 123 Å². The van der Waals surface area contributed by atoms with Crippen molar-refractivity contribution in [2.24, 2.45) is 5.92 Å². The van der Waals surface area contributed by atoms with Crippen LogP contribution in [0.3, 0.4) is 0 Å². The van der Waals surface area contributed by atoms with Gasteiger partial charge in [-0.2, -0.15) is 0 Å². The summed E-state index contributed by atoms with van der Waals surface area (Å²) in [6.45, 7) is 0.872. The van der Waals surface area contributed by atoms with Crippen LogP contribution in [0.4, 0.5) is 4.79 Å². The standard InChI is InChI=1S/C16H17N3O2/c20-16(21-11-12-7-8-12)18-10-13-4-3-6-15(19-13)14-5-1-2-9-17-14/h1-6,9,12H,7-8,10-11H2,(H,18,20). The molecule has 0 atom stereocenters. The molecule has 0 aromatic carbocycles. The molecule has 0 bridgehead atoms. The molecule has 0 spiro atoms. The first-order chi connectivity index (χ1) is 10.3. The molecule has 108 valence electrons. The fourth-order valence-electron chi connectivity index (χ4n) is 1.93. The van der Waals surface area contributed by atoms with E-state index in [-0.39, 0.29) is 6.09 Å². The van der Waals surface area contributed by atoms with Crippen LogP contribution in [0.15, 0.2) is 42.6 Å². The fourth-order valence-corrected chi connectivity index (χ4v) is 1.93. The summed E-state index contributed by atoms with van der Waals surface area (Å²) in [5.41, 5.74) is 2.39. The zero-order chi connectivity index (χ0) is 14.5. The zero-order valence-electron chi connectivity index (χ0n) is 11.7. The molecular formula is C16H17N3O2. The molecule has 21 heavy (non-hydrogen) atoms. The largest absolute Gasteiger partial charge is 0.449 e. The van der Waals surface area contributed by atoms with Crippen molar-refractivity contribution in [2.45, 2.75) is 19.4 Å². The smallest absolute Gasteiger partial charge is 0.407 e. The zero-order valence-corrected chi connectivity index (χ0v) is 11.7. The highest BCUT2D eigenvalue weighted by Crippen LogP contribution is 2.28. The first-order valence-corrected chi connectivity index (χ1v) is 7.09. The lowest BCUT2D eigenvalue weighted by Gasteiger charge is -2.07. The van der Waals surface area contributed by atoms with E-state index in [1.54, 1.807) is 6.20 Å². The topological polar surface area (TPSA) is 64.1 Å². The van der Waals surface area contributed by atoms with Gasteiger partial charge in [-0.15, -0.1) is 0 Å². The molecule has 2 heterocycles. The SMILES string of the molecule is O=C(NCc1cccc(-c2ccccn2)n1)OCC1CC1. The lowest BCUT2D eigenvalue weighted by molar-refractivity contribution is 0.140. The van der Waals surface area contributed by atoms with E-state index in [1.807, 2.05) is 36.4 Å². The molecule has 1 fully saturated rings. The number of hydrogen-bond donors (Lipinski definition) is 1. The summed E-state index contributed by atoms with van der Waals surface area (Å²) in [7, 11) is 0. The Morgan fingerprint density at radius 2 is 2.05 bits per heavy atom. The third-order valence-electron chi connectivity index (χ3n) is 3.29. The summed E-state index contributed by atoms with van der Waals surface area (Å²) in [5.74, 6) is 0.571. The molecule has 1 amide bonds. The first-order valence-electron chi connectivity index (χ1n) is 7.09. The van der Waals surface area contributed by atoms with Crippen molar-refractivity contribution in [3.8, 4) is 11.4 Å². The maximum atomic E-state index is 11.5. The van der Waals surface area contributed by atoms with Crippen molar-refractivity contribution >= 4 is 6.09 Å². The summed E-state index contributed by atoms with van der Waals surface area (Å²) in [4.78, 5) is 20.3. The summed E-state index contributed by atoms with van der Waals surface area (Å²) < 4.78 is 5.11. The van der Waals surface area contributed by atoms with Crippen LogP contribution in [0.2, 0.25) is 0 Å². The van der Waals surface area contributed by atoms with Gasteiger partial charge < -0.3 is 10.1 Å². The van der Waals surface area contributed by atoms with Crippen molar-refractivity contribution in [3.05, 3.63) is 48.3 Å². The number of pyridine rings is 2. The predicted molar refractivity (Wildman–Crippen MR) is 78.4 cm³/mol. The van der Waals surface area contributed by atoms with Gasteiger partial charge in [-0.1, -0.05) is 12.1 Å². The van der Waals surface area contributed by atoms with E-state index >= 15 is 0 Å². The Kier molecular flexibility index (Phi) is 4.09. The highest BCUT2D eigenvalue weighted by atomic mass is 16.5. The second kappa shape index (κ2) is 6.35. The van der Waals surface area contributed by atoms with Crippen molar-refractivity contribution in [2.75, 3.05) is 6.61 Å². The molecule has 0 saturated heterocycles. The number of carbonyl (C=O) groups excluding carboxylic acids is 1. The molecule has 5 heteroatoms. The fraction of sp³-hybridized carbons (Fsp3) is 0.312. The van der Waals surface area contributed by atoms with Gasteiger partial charge in [-0.05, 0) is 43.0 Å². The van der Waals surface area contributed by atoms with E-state index in [9.17, 15) is 4.79 Å². The predicted octanol–water partition coefficient (Wildman–Crippen LogP) is 2.78. The van der Waals surface area contributed by atoms with Gasteiger partial charge in [0.15, 0.2) is 0 Å². The molecule has 0 aliphatic heterocycles. The number of aromatic nitrogens is 2. The molecular weight excluding hydrogens is 266 g/mol. The van der Waals surface area contributed by atoms with E-state index in [4.69, 9.17) is 4.74 Å². The van der Waals surface area contributed by atoms with Crippen LogP contribution in [0, 0.1) is 5.92 Å². The Hall–Kier alpha value is -2.43. The average molecular weight is 283 g/mol. The average Bonchev–Trinajstić information content (AvgIpc) is 3.36. The molecule has 5 nitrogen and oxygen atoms in total. The molecule has 1 aliphatic carbocycles. The van der Waals surface area contributed by atoms with E-state index in [1.165, 1.54) is 12.8 Å². The minimum atomic E-state index is -0.382. The van der Waals surface area contributed by atoms with Crippen LogP contribution < -0.4 is 5.32 Å². The monoisotopic (exact) mass is 283 g/mol. The number of alkyl carbamates (subject to hydrolysis) is 1. The van der Waals surface area contributed by atoms with E-state index in [0.29, 0.717) is 19.1 Å². The van der Waals surface area contributed by atoms with Crippen LogP contribution in [-0.4, -0.2) is 22.7 Å². The van der Waals surface area contributed by atoms with Gasteiger partial charge in [0.25, 0.3) is 0 Å². The number of hydrogen-bond acceptors (Lipinski definition) is 4. The summed E-state index contributed by atoms with van der Waals surface area (Å²) in [6.07, 6.45) is 3.69.